The summed E-state index contributed by atoms with van der Waals surface area (Å²) >= 11 is 3.72. The number of aryl methyl sites for hydroxylation is 2. The van der Waals surface area contributed by atoms with Gasteiger partial charge in [0, 0.05) is 23.1 Å². The van der Waals surface area contributed by atoms with E-state index in [1.807, 2.05) is 0 Å². The third-order valence-corrected chi connectivity index (χ3v) is 4.92. The minimum atomic E-state index is 0.334. The highest BCUT2D eigenvalue weighted by molar-refractivity contribution is 9.10. The zero-order chi connectivity index (χ0) is 13.4. The van der Waals surface area contributed by atoms with Crippen molar-refractivity contribution in [3.8, 4) is 0 Å². The molecule has 3 unspecified atom stereocenters. The van der Waals surface area contributed by atoms with Crippen molar-refractivity contribution in [2.45, 2.75) is 46.2 Å². The van der Waals surface area contributed by atoms with Gasteiger partial charge in [-0.15, -0.1) is 0 Å². The molecule has 1 aliphatic rings. The fraction of sp³-hybridized carbons (Fsp3) is 0.600. The molecule has 2 rings (SSSR count). The third-order valence-electron chi connectivity index (χ3n) is 4.32. The highest BCUT2D eigenvalue weighted by Crippen LogP contribution is 2.36. The molecule has 0 bridgehead atoms. The number of rotatable bonds is 1. The number of piperidine rings is 1. The minimum absolute atomic E-state index is 0.334. The molecule has 1 saturated heterocycles. The fourth-order valence-corrected chi connectivity index (χ4v) is 3.89. The maximum absolute atomic E-state index is 6.17. The van der Waals surface area contributed by atoms with Crippen LogP contribution < -0.4 is 10.6 Å². The minimum Gasteiger partial charge on any atom is -0.367 e. The lowest BCUT2D eigenvalue weighted by Gasteiger charge is -2.43. The van der Waals surface area contributed by atoms with Crippen molar-refractivity contribution >= 4 is 21.6 Å². The smallest absolute Gasteiger partial charge is 0.0543 e. The van der Waals surface area contributed by atoms with Gasteiger partial charge in [-0.2, -0.15) is 0 Å². The first-order chi connectivity index (χ1) is 8.41. The van der Waals surface area contributed by atoms with Gasteiger partial charge in [0.25, 0.3) is 0 Å². The first-order valence-corrected chi connectivity index (χ1v) is 7.50. The van der Waals surface area contributed by atoms with Crippen LogP contribution in [0.15, 0.2) is 16.6 Å². The van der Waals surface area contributed by atoms with Crippen molar-refractivity contribution in [3.05, 3.63) is 27.7 Å². The Bertz CT molecular complexity index is 421. The Morgan fingerprint density at radius 3 is 2.56 bits per heavy atom. The molecular weight excluding hydrogens is 288 g/mol. The molecule has 0 aliphatic carbocycles. The molecule has 18 heavy (non-hydrogen) atoms. The molecule has 0 amide bonds. The van der Waals surface area contributed by atoms with E-state index < -0.39 is 0 Å². The largest absolute Gasteiger partial charge is 0.367 e. The summed E-state index contributed by atoms with van der Waals surface area (Å²) in [5, 5.41) is 0. The standard InChI is InChI=1S/C15H23BrN2/c1-9-7-10(2)15(13(16)8-9)18-6-5-14(17)11(3)12(18)4/h7-8,11-12,14H,5-6,17H2,1-4H3. The summed E-state index contributed by atoms with van der Waals surface area (Å²) < 4.78 is 1.20. The summed E-state index contributed by atoms with van der Waals surface area (Å²) in [6, 6.07) is 5.28. The summed E-state index contributed by atoms with van der Waals surface area (Å²) in [5.74, 6) is 0.534. The van der Waals surface area contributed by atoms with Crippen molar-refractivity contribution in [2.24, 2.45) is 11.7 Å². The summed E-state index contributed by atoms with van der Waals surface area (Å²) in [6.45, 7) is 9.93. The van der Waals surface area contributed by atoms with Gasteiger partial charge in [0.15, 0.2) is 0 Å². The molecule has 1 heterocycles. The van der Waals surface area contributed by atoms with E-state index >= 15 is 0 Å². The van der Waals surface area contributed by atoms with Gasteiger partial charge in [-0.3, -0.25) is 0 Å². The number of hydrogen-bond donors (Lipinski definition) is 1. The zero-order valence-electron chi connectivity index (χ0n) is 11.7. The lowest BCUT2D eigenvalue weighted by atomic mass is 9.87. The Labute approximate surface area is 119 Å². The van der Waals surface area contributed by atoms with Crippen LogP contribution in [-0.4, -0.2) is 18.6 Å². The van der Waals surface area contributed by atoms with E-state index in [1.165, 1.54) is 21.3 Å². The van der Waals surface area contributed by atoms with Gasteiger partial charge < -0.3 is 10.6 Å². The van der Waals surface area contributed by atoms with Crippen LogP contribution in [0.25, 0.3) is 0 Å². The molecule has 1 aromatic carbocycles. The van der Waals surface area contributed by atoms with E-state index in [2.05, 4.69) is 60.7 Å². The number of nitrogens with zero attached hydrogens (tertiary/aromatic N) is 1. The normalized spacial score (nSPS) is 28.6. The van der Waals surface area contributed by atoms with Gasteiger partial charge in [-0.25, -0.2) is 0 Å². The highest BCUT2D eigenvalue weighted by atomic mass is 79.9. The van der Waals surface area contributed by atoms with Crippen LogP contribution in [0.3, 0.4) is 0 Å². The van der Waals surface area contributed by atoms with Crippen molar-refractivity contribution in [1.82, 2.24) is 0 Å². The summed E-state index contributed by atoms with van der Waals surface area (Å²) in [4.78, 5) is 2.51. The summed E-state index contributed by atoms with van der Waals surface area (Å²) in [6.07, 6.45) is 1.07. The van der Waals surface area contributed by atoms with E-state index in [4.69, 9.17) is 5.73 Å². The Morgan fingerprint density at radius 1 is 1.28 bits per heavy atom. The molecule has 2 N–H and O–H groups in total. The Morgan fingerprint density at radius 2 is 1.94 bits per heavy atom. The molecular formula is C15H23BrN2. The van der Waals surface area contributed by atoms with Crippen LogP contribution in [-0.2, 0) is 0 Å². The van der Waals surface area contributed by atoms with Crippen LogP contribution in [0.4, 0.5) is 5.69 Å². The first kappa shape index (κ1) is 13.9. The van der Waals surface area contributed by atoms with Gasteiger partial charge in [-0.1, -0.05) is 13.0 Å². The summed E-state index contributed by atoms with van der Waals surface area (Å²) in [7, 11) is 0. The molecule has 2 nitrogen and oxygen atoms in total. The molecule has 0 radical (unpaired) electrons. The van der Waals surface area contributed by atoms with Gasteiger partial charge >= 0.3 is 0 Å². The molecule has 1 aliphatic heterocycles. The first-order valence-electron chi connectivity index (χ1n) is 6.70. The second-order valence-electron chi connectivity index (χ2n) is 5.66. The monoisotopic (exact) mass is 310 g/mol. The number of benzene rings is 1. The molecule has 100 valence electrons. The number of nitrogens with two attached hydrogens (primary N) is 1. The van der Waals surface area contributed by atoms with Crippen LogP contribution in [0.5, 0.6) is 0 Å². The Hall–Kier alpha value is -0.540. The fourth-order valence-electron chi connectivity index (χ4n) is 2.98. The topological polar surface area (TPSA) is 29.3 Å². The van der Waals surface area contributed by atoms with Crippen LogP contribution in [0.2, 0.25) is 0 Å². The van der Waals surface area contributed by atoms with Crippen LogP contribution in [0.1, 0.15) is 31.4 Å². The van der Waals surface area contributed by atoms with E-state index in [1.54, 1.807) is 0 Å². The van der Waals surface area contributed by atoms with Crippen LogP contribution in [0, 0.1) is 19.8 Å². The number of anilines is 1. The van der Waals surface area contributed by atoms with Gasteiger partial charge in [0.05, 0.1) is 5.69 Å². The van der Waals surface area contributed by atoms with Gasteiger partial charge in [0.1, 0.15) is 0 Å². The van der Waals surface area contributed by atoms with E-state index in [0.29, 0.717) is 18.0 Å². The number of halogens is 1. The second-order valence-corrected chi connectivity index (χ2v) is 6.51. The second kappa shape index (κ2) is 5.22. The lowest BCUT2D eigenvalue weighted by molar-refractivity contribution is 0.315. The SMILES string of the molecule is Cc1cc(C)c(N2CCC(N)C(C)C2C)c(Br)c1. The van der Waals surface area contributed by atoms with Gasteiger partial charge in [0.2, 0.25) is 0 Å². The Balaban J connectivity index is 2.37. The highest BCUT2D eigenvalue weighted by Gasteiger charge is 2.31. The average Bonchev–Trinajstić information content (AvgIpc) is 2.28. The van der Waals surface area contributed by atoms with E-state index in [-0.39, 0.29) is 0 Å². The van der Waals surface area contributed by atoms with Crippen molar-refractivity contribution in [3.63, 3.8) is 0 Å². The predicted molar refractivity (Wildman–Crippen MR) is 82.2 cm³/mol. The molecule has 3 atom stereocenters. The van der Waals surface area contributed by atoms with Crippen molar-refractivity contribution in [2.75, 3.05) is 11.4 Å². The molecule has 0 saturated carbocycles. The maximum Gasteiger partial charge on any atom is 0.0543 e. The van der Waals surface area contributed by atoms with Crippen LogP contribution >= 0.6 is 15.9 Å². The Kier molecular flexibility index (Phi) is 4.02. The number of hydrogen-bond acceptors (Lipinski definition) is 2. The zero-order valence-corrected chi connectivity index (χ0v) is 13.3. The molecule has 3 heteroatoms. The maximum atomic E-state index is 6.17. The molecule has 0 spiro atoms. The quantitative estimate of drug-likeness (QED) is 0.858. The summed E-state index contributed by atoms with van der Waals surface area (Å²) in [5.41, 5.74) is 10.2. The lowest BCUT2D eigenvalue weighted by Crippen LogP contribution is -2.52. The molecule has 1 aromatic rings. The van der Waals surface area contributed by atoms with E-state index in [0.717, 1.165) is 13.0 Å². The molecule has 0 aromatic heterocycles. The van der Waals surface area contributed by atoms with Gasteiger partial charge in [-0.05, 0) is 66.2 Å². The third kappa shape index (κ3) is 2.43. The average molecular weight is 311 g/mol. The van der Waals surface area contributed by atoms with E-state index in [9.17, 15) is 0 Å². The molecule has 1 fully saturated rings. The van der Waals surface area contributed by atoms with Crippen molar-refractivity contribution in [1.29, 1.82) is 0 Å². The predicted octanol–water partition coefficient (Wildman–Crippen LogP) is 3.63. The van der Waals surface area contributed by atoms with Crippen molar-refractivity contribution < 1.29 is 0 Å².